The number of rotatable bonds is 1. The van der Waals surface area contributed by atoms with Crippen LogP contribution in [-0.2, 0) is 7.05 Å². The Balaban J connectivity index is 2.59. The summed E-state index contributed by atoms with van der Waals surface area (Å²) < 4.78 is 2.81. The number of hydrogen-bond acceptors (Lipinski definition) is 2. The highest BCUT2D eigenvalue weighted by Crippen LogP contribution is 2.26. The Kier molecular flexibility index (Phi) is 2.14. The van der Waals surface area contributed by atoms with E-state index in [2.05, 4.69) is 26.0 Å². The average molecular weight is 238 g/mol. The fourth-order valence-corrected chi connectivity index (χ4v) is 1.82. The zero-order valence-electron chi connectivity index (χ0n) is 7.11. The molecule has 0 saturated heterocycles. The van der Waals surface area contributed by atoms with Crippen LogP contribution in [0.2, 0.25) is 0 Å². The quantitative estimate of drug-likeness (QED) is 0.762. The van der Waals surface area contributed by atoms with E-state index in [1.807, 2.05) is 30.1 Å². The van der Waals surface area contributed by atoms with Gasteiger partial charge in [0.15, 0.2) is 0 Å². The normalized spacial score (nSPS) is 10.3. The molecule has 0 radical (unpaired) electrons. The van der Waals surface area contributed by atoms with Crippen LogP contribution >= 0.6 is 15.9 Å². The maximum Gasteiger partial charge on any atom is 0.0836 e. The topological polar surface area (TPSA) is 30.7 Å². The largest absolute Gasteiger partial charge is 0.267 e. The van der Waals surface area contributed by atoms with Gasteiger partial charge in [-0.1, -0.05) is 0 Å². The lowest BCUT2D eigenvalue weighted by Gasteiger charge is -2.01. The van der Waals surface area contributed by atoms with Gasteiger partial charge in [0.25, 0.3) is 0 Å². The highest BCUT2D eigenvalue weighted by Gasteiger charge is 2.07. The predicted octanol–water partition coefficient (Wildman–Crippen LogP) is 2.24. The molecule has 0 spiro atoms. The third-order valence-corrected chi connectivity index (χ3v) is 2.41. The Morgan fingerprint density at radius 3 is 2.77 bits per heavy atom. The molecule has 0 unspecified atom stereocenters. The smallest absolute Gasteiger partial charge is 0.0836 e. The second-order valence-electron chi connectivity index (χ2n) is 2.71. The van der Waals surface area contributed by atoms with Crippen LogP contribution in [0.4, 0.5) is 0 Å². The van der Waals surface area contributed by atoms with Crippen LogP contribution in [0, 0.1) is 0 Å². The fraction of sp³-hybridized carbons (Fsp3) is 0.111. The Bertz CT molecular complexity index is 389. The maximum absolute atomic E-state index is 4.13. The van der Waals surface area contributed by atoms with E-state index in [-0.39, 0.29) is 0 Å². The number of pyridine rings is 1. The molecule has 0 fully saturated rings. The molecular weight excluding hydrogens is 230 g/mol. The predicted molar refractivity (Wildman–Crippen MR) is 54.1 cm³/mol. The van der Waals surface area contributed by atoms with Crippen molar-refractivity contribution in [3.63, 3.8) is 0 Å². The summed E-state index contributed by atoms with van der Waals surface area (Å²) in [6.45, 7) is 0. The minimum Gasteiger partial charge on any atom is -0.267 e. The number of nitrogens with zero attached hydrogens (tertiary/aromatic N) is 3. The summed E-state index contributed by atoms with van der Waals surface area (Å²) in [7, 11) is 1.91. The molecule has 13 heavy (non-hydrogen) atoms. The fourth-order valence-electron chi connectivity index (χ4n) is 1.24. The van der Waals surface area contributed by atoms with Crippen molar-refractivity contribution in [3.05, 3.63) is 35.2 Å². The molecule has 2 aromatic rings. The number of aryl methyl sites for hydroxylation is 1. The molecule has 0 saturated carbocycles. The van der Waals surface area contributed by atoms with Crippen molar-refractivity contribution < 1.29 is 0 Å². The first-order valence-corrected chi connectivity index (χ1v) is 4.66. The van der Waals surface area contributed by atoms with Crippen LogP contribution < -0.4 is 0 Å². The first-order chi connectivity index (χ1) is 6.29. The van der Waals surface area contributed by atoms with E-state index < -0.39 is 0 Å². The molecule has 0 bridgehead atoms. The molecule has 2 rings (SSSR count). The van der Waals surface area contributed by atoms with E-state index in [1.54, 1.807) is 12.4 Å². The lowest BCUT2D eigenvalue weighted by molar-refractivity contribution is 0.775. The second-order valence-corrected chi connectivity index (χ2v) is 3.56. The summed E-state index contributed by atoms with van der Waals surface area (Å²) in [5.74, 6) is 0. The van der Waals surface area contributed by atoms with Crippen molar-refractivity contribution in [2.24, 2.45) is 7.05 Å². The van der Waals surface area contributed by atoms with Gasteiger partial charge < -0.3 is 0 Å². The SMILES string of the molecule is Cn1ncc(Br)c1-c1cccnc1. The van der Waals surface area contributed by atoms with Gasteiger partial charge in [0.2, 0.25) is 0 Å². The number of aromatic nitrogens is 3. The van der Waals surface area contributed by atoms with E-state index in [4.69, 9.17) is 0 Å². The van der Waals surface area contributed by atoms with Crippen molar-refractivity contribution in [3.8, 4) is 11.3 Å². The van der Waals surface area contributed by atoms with Crippen LogP contribution in [0.5, 0.6) is 0 Å². The monoisotopic (exact) mass is 237 g/mol. The lowest BCUT2D eigenvalue weighted by atomic mass is 10.2. The van der Waals surface area contributed by atoms with Gasteiger partial charge in [0.1, 0.15) is 0 Å². The zero-order chi connectivity index (χ0) is 9.26. The summed E-state index contributed by atoms with van der Waals surface area (Å²) in [4.78, 5) is 4.06. The van der Waals surface area contributed by atoms with E-state index in [0.29, 0.717) is 0 Å². The van der Waals surface area contributed by atoms with E-state index in [9.17, 15) is 0 Å². The summed E-state index contributed by atoms with van der Waals surface area (Å²) in [5, 5.41) is 4.13. The zero-order valence-corrected chi connectivity index (χ0v) is 8.69. The molecular formula is C9H8BrN3. The molecule has 0 aromatic carbocycles. The van der Waals surface area contributed by atoms with E-state index >= 15 is 0 Å². The standard InChI is InChI=1S/C9H8BrN3/c1-13-9(8(10)6-12-13)7-3-2-4-11-5-7/h2-6H,1H3. The van der Waals surface area contributed by atoms with Gasteiger partial charge in [-0.05, 0) is 28.1 Å². The van der Waals surface area contributed by atoms with Crippen molar-refractivity contribution in [1.82, 2.24) is 14.8 Å². The van der Waals surface area contributed by atoms with Gasteiger partial charge in [-0.2, -0.15) is 5.10 Å². The Labute approximate surface area is 84.5 Å². The molecule has 4 heteroatoms. The van der Waals surface area contributed by atoms with Gasteiger partial charge in [-0.15, -0.1) is 0 Å². The van der Waals surface area contributed by atoms with Gasteiger partial charge in [0, 0.05) is 25.0 Å². The van der Waals surface area contributed by atoms with Crippen LogP contribution in [0.25, 0.3) is 11.3 Å². The first-order valence-electron chi connectivity index (χ1n) is 3.87. The molecule has 3 nitrogen and oxygen atoms in total. The molecule has 2 aromatic heterocycles. The molecule has 2 heterocycles. The average Bonchev–Trinajstić information content (AvgIpc) is 2.48. The molecule has 0 aliphatic carbocycles. The third-order valence-electron chi connectivity index (χ3n) is 1.83. The molecule has 0 aliphatic rings. The molecule has 0 N–H and O–H groups in total. The first kappa shape index (κ1) is 8.44. The minimum absolute atomic E-state index is 0.989. The van der Waals surface area contributed by atoms with Crippen molar-refractivity contribution >= 4 is 15.9 Å². The highest BCUT2D eigenvalue weighted by molar-refractivity contribution is 9.10. The second kappa shape index (κ2) is 3.30. The molecule has 0 aliphatic heterocycles. The summed E-state index contributed by atoms with van der Waals surface area (Å²) in [6.07, 6.45) is 5.36. The Morgan fingerprint density at radius 1 is 1.38 bits per heavy atom. The van der Waals surface area contributed by atoms with Crippen LogP contribution in [0.3, 0.4) is 0 Å². The van der Waals surface area contributed by atoms with Gasteiger partial charge in [0.05, 0.1) is 16.4 Å². The summed E-state index contributed by atoms with van der Waals surface area (Å²) in [5.41, 5.74) is 2.11. The Hall–Kier alpha value is -1.16. The van der Waals surface area contributed by atoms with E-state index in [1.165, 1.54) is 0 Å². The molecule has 0 amide bonds. The van der Waals surface area contributed by atoms with Gasteiger partial charge in [-0.25, -0.2) is 0 Å². The highest BCUT2D eigenvalue weighted by atomic mass is 79.9. The third kappa shape index (κ3) is 1.49. The van der Waals surface area contributed by atoms with Crippen molar-refractivity contribution in [2.75, 3.05) is 0 Å². The molecule has 66 valence electrons. The molecule has 0 atom stereocenters. The summed E-state index contributed by atoms with van der Waals surface area (Å²) in [6, 6.07) is 3.92. The van der Waals surface area contributed by atoms with Crippen LogP contribution in [0.1, 0.15) is 0 Å². The number of halogens is 1. The maximum atomic E-state index is 4.13. The minimum atomic E-state index is 0.989. The number of hydrogen-bond donors (Lipinski definition) is 0. The van der Waals surface area contributed by atoms with E-state index in [0.717, 1.165) is 15.7 Å². The van der Waals surface area contributed by atoms with Gasteiger partial charge in [-0.3, -0.25) is 9.67 Å². The van der Waals surface area contributed by atoms with Crippen LogP contribution in [-0.4, -0.2) is 14.8 Å². The summed E-state index contributed by atoms with van der Waals surface area (Å²) >= 11 is 3.44. The van der Waals surface area contributed by atoms with Crippen molar-refractivity contribution in [2.45, 2.75) is 0 Å². The van der Waals surface area contributed by atoms with Crippen LogP contribution in [0.15, 0.2) is 35.2 Å². The Morgan fingerprint density at radius 2 is 2.23 bits per heavy atom. The van der Waals surface area contributed by atoms with Crippen molar-refractivity contribution in [1.29, 1.82) is 0 Å². The lowest BCUT2D eigenvalue weighted by Crippen LogP contribution is -1.93. The van der Waals surface area contributed by atoms with Gasteiger partial charge >= 0.3 is 0 Å².